The van der Waals surface area contributed by atoms with Crippen LogP contribution in [0.1, 0.15) is 48.7 Å². The number of unbranched alkanes of at least 4 members (excludes halogenated alkanes) is 2. The van der Waals surface area contributed by atoms with Gasteiger partial charge in [0.05, 0.1) is 26.2 Å². The zero-order chi connectivity index (χ0) is 21.5. The summed E-state index contributed by atoms with van der Waals surface area (Å²) in [6.45, 7) is 0.918. The van der Waals surface area contributed by atoms with E-state index >= 15 is 0 Å². The number of amides is 2. The molecule has 0 saturated carbocycles. The molecule has 0 spiro atoms. The van der Waals surface area contributed by atoms with Crippen LogP contribution >= 0.6 is 0 Å². The van der Waals surface area contributed by atoms with Crippen molar-refractivity contribution >= 4 is 12.0 Å². The molecule has 162 valence electrons. The molecule has 30 heavy (non-hydrogen) atoms. The fourth-order valence-corrected chi connectivity index (χ4v) is 3.64. The molecule has 1 aromatic carbocycles. The lowest BCUT2D eigenvalue weighted by Crippen LogP contribution is -2.46. The molecule has 3 rings (SSSR count). The molecule has 2 N–H and O–H groups in total. The first kappa shape index (κ1) is 21.6. The van der Waals surface area contributed by atoms with Crippen LogP contribution in [0.3, 0.4) is 0 Å². The van der Waals surface area contributed by atoms with Gasteiger partial charge in [-0.1, -0.05) is 6.42 Å². The molecule has 0 radical (unpaired) electrons. The van der Waals surface area contributed by atoms with Gasteiger partial charge in [-0.3, -0.25) is 4.79 Å². The van der Waals surface area contributed by atoms with E-state index in [9.17, 15) is 14.0 Å². The molecule has 2 aromatic rings. The third kappa shape index (κ3) is 4.90. The highest BCUT2D eigenvalue weighted by atomic mass is 19.1. The molecule has 1 atom stereocenters. The van der Waals surface area contributed by atoms with Crippen LogP contribution in [0.25, 0.3) is 0 Å². The number of esters is 1. The molecular formula is C21H27FN4O4. The fraction of sp³-hybridized carbons (Fsp3) is 0.476. The first-order valence-electron chi connectivity index (χ1n) is 10.0. The predicted molar refractivity (Wildman–Crippen MR) is 108 cm³/mol. The molecule has 9 heteroatoms. The Morgan fingerprint density at radius 2 is 2.13 bits per heavy atom. The lowest BCUT2D eigenvalue weighted by atomic mass is 9.95. The third-order valence-electron chi connectivity index (χ3n) is 5.25. The van der Waals surface area contributed by atoms with E-state index in [2.05, 4.69) is 20.0 Å². The number of carbonyl (C=O) groups excluding carboxylic acids is 2. The molecule has 2 amide bonds. The van der Waals surface area contributed by atoms with E-state index < -0.39 is 11.9 Å². The van der Waals surface area contributed by atoms with Gasteiger partial charge in [0.2, 0.25) is 0 Å². The molecule has 0 saturated heterocycles. The number of nitrogens with zero attached hydrogens (tertiary/aromatic N) is 2. The van der Waals surface area contributed by atoms with Gasteiger partial charge in [0.1, 0.15) is 17.6 Å². The monoisotopic (exact) mass is 418 g/mol. The minimum atomic E-state index is -0.620. The maximum atomic E-state index is 14.8. The first-order valence-corrected chi connectivity index (χ1v) is 10.0. The molecule has 0 bridgehead atoms. The first-order chi connectivity index (χ1) is 14.5. The van der Waals surface area contributed by atoms with Crippen molar-refractivity contribution in [3.05, 3.63) is 47.3 Å². The largest absolute Gasteiger partial charge is 0.497 e. The minimum Gasteiger partial charge on any atom is -0.497 e. The highest BCUT2D eigenvalue weighted by Crippen LogP contribution is 2.35. The Morgan fingerprint density at radius 3 is 2.87 bits per heavy atom. The van der Waals surface area contributed by atoms with Crippen molar-refractivity contribution in [2.75, 3.05) is 27.3 Å². The van der Waals surface area contributed by atoms with Gasteiger partial charge in [-0.05, 0) is 25.0 Å². The third-order valence-corrected chi connectivity index (χ3v) is 5.25. The molecule has 0 aliphatic carbocycles. The lowest BCUT2D eigenvalue weighted by molar-refractivity contribution is -0.140. The van der Waals surface area contributed by atoms with E-state index in [0.29, 0.717) is 49.4 Å². The number of halogens is 1. The molecule has 1 aliphatic rings. The molecule has 2 heterocycles. The molecule has 1 unspecified atom stereocenters. The van der Waals surface area contributed by atoms with E-state index in [1.165, 1.54) is 20.3 Å². The van der Waals surface area contributed by atoms with Crippen LogP contribution < -0.4 is 10.1 Å². The van der Waals surface area contributed by atoms with Gasteiger partial charge in [0, 0.05) is 43.3 Å². The normalized spacial score (nSPS) is 15.4. The van der Waals surface area contributed by atoms with Gasteiger partial charge in [-0.25, -0.2) is 14.2 Å². The second kappa shape index (κ2) is 10.1. The SMILES string of the molecule is COC(=O)CCCCCNC(=O)N1CCc2[nH]cnc2C1c1ccc(OC)cc1F. The fourth-order valence-electron chi connectivity index (χ4n) is 3.64. The molecule has 1 aliphatic heterocycles. The number of H-pyrrole nitrogens is 1. The Bertz CT molecular complexity index is 886. The number of nitrogens with one attached hydrogen (secondary N) is 2. The van der Waals surface area contributed by atoms with E-state index in [-0.39, 0.29) is 12.0 Å². The standard InChI is InChI=1S/C21H27FN4O4/c1-29-14-7-8-15(16(22)12-14)20-19-17(24-13-25-19)9-11-26(20)21(28)23-10-5-3-4-6-18(27)30-2/h7-8,12-13,20H,3-6,9-11H2,1-2H3,(H,23,28)(H,24,25). The number of carbonyl (C=O) groups is 2. The maximum absolute atomic E-state index is 14.8. The lowest BCUT2D eigenvalue weighted by Gasteiger charge is -2.35. The Labute approximate surface area is 174 Å². The van der Waals surface area contributed by atoms with Crippen LogP contribution in [-0.2, 0) is 16.0 Å². The summed E-state index contributed by atoms with van der Waals surface area (Å²) in [5.41, 5.74) is 1.93. The van der Waals surface area contributed by atoms with Crippen molar-refractivity contribution in [3.63, 3.8) is 0 Å². The molecule has 0 fully saturated rings. The number of urea groups is 1. The number of aromatic amines is 1. The van der Waals surface area contributed by atoms with Crippen molar-refractivity contribution < 1.29 is 23.5 Å². The molecule has 8 nitrogen and oxygen atoms in total. The average molecular weight is 418 g/mol. The number of methoxy groups -OCH3 is 2. The number of benzene rings is 1. The second-order valence-electron chi connectivity index (χ2n) is 7.12. The van der Waals surface area contributed by atoms with Gasteiger partial charge in [-0.2, -0.15) is 0 Å². The summed E-state index contributed by atoms with van der Waals surface area (Å²) in [6.07, 6.45) is 4.82. The molecular weight excluding hydrogens is 391 g/mol. The summed E-state index contributed by atoms with van der Waals surface area (Å²) in [5.74, 6) is -0.264. The number of aromatic nitrogens is 2. The Kier molecular flexibility index (Phi) is 7.26. The summed E-state index contributed by atoms with van der Waals surface area (Å²) in [5, 5.41) is 2.90. The van der Waals surface area contributed by atoms with Crippen molar-refractivity contribution in [1.82, 2.24) is 20.2 Å². The number of hydrogen-bond donors (Lipinski definition) is 2. The Morgan fingerprint density at radius 1 is 1.30 bits per heavy atom. The van der Waals surface area contributed by atoms with Crippen molar-refractivity contribution in [1.29, 1.82) is 0 Å². The van der Waals surface area contributed by atoms with Crippen LogP contribution in [0.2, 0.25) is 0 Å². The van der Waals surface area contributed by atoms with Crippen LogP contribution in [0.15, 0.2) is 24.5 Å². The van der Waals surface area contributed by atoms with Gasteiger partial charge < -0.3 is 24.7 Å². The Balaban J connectivity index is 1.67. The highest BCUT2D eigenvalue weighted by Gasteiger charge is 2.35. The Hall–Kier alpha value is -3.10. The van der Waals surface area contributed by atoms with Gasteiger partial charge >= 0.3 is 12.0 Å². The average Bonchev–Trinajstić information content (AvgIpc) is 3.24. The summed E-state index contributed by atoms with van der Waals surface area (Å²) < 4.78 is 24.5. The van der Waals surface area contributed by atoms with Crippen molar-refractivity contribution in [3.8, 4) is 5.75 Å². The quantitative estimate of drug-likeness (QED) is 0.508. The van der Waals surface area contributed by atoms with Gasteiger partial charge in [0.15, 0.2) is 0 Å². The van der Waals surface area contributed by atoms with Crippen LogP contribution in [0.5, 0.6) is 5.75 Å². The second-order valence-corrected chi connectivity index (χ2v) is 7.12. The molecule has 1 aromatic heterocycles. The summed E-state index contributed by atoms with van der Waals surface area (Å²) in [4.78, 5) is 33.1. The summed E-state index contributed by atoms with van der Waals surface area (Å²) in [7, 11) is 2.85. The van der Waals surface area contributed by atoms with E-state index in [1.807, 2.05) is 0 Å². The van der Waals surface area contributed by atoms with Crippen LogP contribution in [0.4, 0.5) is 9.18 Å². The van der Waals surface area contributed by atoms with E-state index in [1.54, 1.807) is 23.4 Å². The number of imidazole rings is 1. The zero-order valence-electron chi connectivity index (χ0n) is 17.2. The smallest absolute Gasteiger partial charge is 0.318 e. The van der Waals surface area contributed by atoms with Gasteiger partial charge in [-0.15, -0.1) is 0 Å². The summed E-state index contributed by atoms with van der Waals surface area (Å²) in [6, 6.07) is 3.74. The highest BCUT2D eigenvalue weighted by molar-refractivity contribution is 5.75. The topological polar surface area (TPSA) is 96.6 Å². The minimum absolute atomic E-state index is 0.230. The van der Waals surface area contributed by atoms with Crippen molar-refractivity contribution in [2.24, 2.45) is 0 Å². The number of hydrogen-bond acceptors (Lipinski definition) is 5. The van der Waals surface area contributed by atoms with Gasteiger partial charge in [0.25, 0.3) is 0 Å². The maximum Gasteiger partial charge on any atom is 0.318 e. The van der Waals surface area contributed by atoms with Crippen LogP contribution in [0, 0.1) is 5.82 Å². The summed E-state index contributed by atoms with van der Waals surface area (Å²) >= 11 is 0. The number of rotatable bonds is 8. The number of ether oxygens (including phenoxy) is 2. The van der Waals surface area contributed by atoms with E-state index in [0.717, 1.165) is 18.5 Å². The zero-order valence-corrected chi connectivity index (χ0v) is 17.2. The number of fused-ring (bicyclic) bond motifs is 1. The van der Waals surface area contributed by atoms with Crippen molar-refractivity contribution in [2.45, 2.75) is 38.1 Å². The predicted octanol–water partition coefficient (Wildman–Crippen LogP) is 2.95. The van der Waals surface area contributed by atoms with Crippen LogP contribution in [-0.4, -0.2) is 54.2 Å². The van der Waals surface area contributed by atoms with E-state index in [4.69, 9.17) is 4.74 Å².